The maximum absolute atomic E-state index is 6.01. The molecule has 0 aromatic carbocycles. The lowest BCUT2D eigenvalue weighted by atomic mass is 9.71. The van der Waals surface area contributed by atoms with Gasteiger partial charge < -0.3 is 5.73 Å². The van der Waals surface area contributed by atoms with E-state index in [2.05, 4.69) is 18.1 Å². The lowest BCUT2D eigenvalue weighted by Gasteiger charge is -2.36. The predicted octanol–water partition coefficient (Wildman–Crippen LogP) is 2.18. The minimum absolute atomic E-state index is 0.346. The second kappa shape index (κ2) is 4.58. The monoisotopic (exact) mass is 221 g/mol. The molecule has 1 fully saturated rings. The van der Waals surface area contributed by atoms with Crippen molar-refractivity contribution in [2.45, 2.75) is 45.4 Å². The molecule has 0 amide bonds. The fourth-order valence-corrected chi connectivity index (χ4v) is 2.97. The molecule has 1 aromatic heterocycles. The maximum atomic E-state index is 6.01. The lowest BCUT2D eigenvalue weighted by molar-refractivity contribution is 0.193. The Labute approximate surface area is 98.0 Å². The molecular formula is C13H23N3. The molecular weight excluding hydrogens is 198 g/mol. The molecule has 90 valence electrons. The largest absolute Gasteiger partial charge is 0.330 e. The van der Waals surface area contributed by atoms with Gasteiger partial charge in [0.1, 0.15) is 0 Å². The van der Waals surface area contributed by atoms with E-state index < -0.39 is 0 Å². The summed E-state index contributed by atoms with van der Waals surface area (Å²) in [6, 6.07) is 2.20. The van der Waals surface area contributed by atoms with Gasteiger partial charge in [-0.1, -0.05) is 19.3 Å². The Morgan fingerprint density at radius 1 is 1.38 bits per heavy atom. The third kappa shape index (κ3) is 2.29. The number of hydrogen-bond donors (Lipinski definition) is 1. The quantitative estimate of drug-likeness (QED) is 0.850. The van der Waals surface area contributed by atoms with Gasteiger partial charge in [0, 0.05) is 12.7 Å². The molecule has 0 bridgehead atoms. The third-order valence-corrected chi connectivity index (χ3v) is 4.00. The molecule has 2 rings (SSSR count). The molecule has 1 saturated carbocycles. The van der Waals surface area contributed by atoms with Crippen LogP contribution in [0.25, 0.3) is 0 Å². The molecule has 0 aliphatic heterocycles. The van der Waals surface area contributed by atoms with Crippen LogP contribution < -0.4 is 5.73 Å². The van der Waals surface area contributed by atoms with Gasteiger partial charge in [-0.3, -0.25) is 4.68 Å². The van der Waals surface area contributed by atoms with Gasteiger partial charge in [0.25, 0.3) is 0 Å². The Hall–Kier alpha value is -0.830. The van der Waals surface area contributed by atoms with Gasteiger partial charge in [0.15, 0.2) is 0 Å². The van der Waals surface area contributed by atoms with Gasteiger partial charge in [-0.25, -0.2) is 0 Å². The highest BCUT2D eigenvalue weighted by molar-refractivity contribution is 5.11. The molecule has 16 heavy (non-hydrogen) atoms. The first-order chi connectivity index (χ1) is 7.65. The first-order valence-corrected chi connectivity index (χ1v) is 6.35. The topological polar surface area (TPSA) is 43.8 Å². The molecule has 0 atom stereocenters. The van der Waals surface area contributed by atoms with Crippen molar-refractivity contribution in [3.05, 3.63) is 17.5 Å². The summed E-state index contributed by atoms with van der Waals surface area (Å²) >= 11 is 0. The van der Waals surface area contributed by atoms with E-state index in [0.717, 1.165) is 18.7 Å². The van der Waals surface area contributed by atoms with Crippen LogP contribution in [0.1, 0.15) is 43.5 Å². The van der Waals surface area contributed by atoms with Crippen LogP contribution in [0.2, 0.25) is 0 Å². The van der Waals surface area contributed by atoms with Crippen LogP contribution >= 0.6 is 0 Å². The van der Waals surface area contributed by atoms with E-state index in [0.29, 0.717) is 5.41 Å². The summed E-state index contributed by atoms with van der Waals surface area (Å²) in [6.07, 6.45) is 7.73. The number of nitrogens with two attached hydrogens (primary N) is 1. The standard InChI is InChI=1S/C13H23N3/c1-11-8-12(16(2)15-11)9-13(10-14)6-4-3-5-7-13/h8H,3-7,9-10,14H2,1-2H3. The van der Waals surface area contributed by atoms with Crippen molar-refractivity contribution < 1.29 is 0 Å². The van der Waals surface area contributed by atoms with Gasteiger partial charge in [-0.2, -0.15) is 5.10 Å². The fraction of sp³-hybridized carbons (Fsp3) is 0.769. The molecule has 3 nitrogen and oxygen atoms in total. The molecule has 1 aromatic rings. The van der Waals surface area contributed by atoms with Crippen LogP contribution in [-0.2, 0) is 13.5 Å². The van der Waals surface area contributed by atoms with Crippen molar-refractivity contribution in [2.24, 2.45) is 18.2 Å². The van der Waals surface area contributed by atoms with E-state index in [1.165, 1.54) is 37.8 Å². The molecule has 3 heteroatoms. The molecule has 0 spiro atoms. The first kappa shape index (κ1) is 11.6. The number of aryl methyl sites for hydroxylation is 2. The number of aromatic nitrogens is 2. The fourth-order valence-electron chi connectivity index (χ4n) is 2.97. The zero-order chi connectivity index (χ0) is 11.6. The Bertz CT molecular complexity index is 348. The highest BCUT2D eigenvalue weighted by atomic mass is 15.3. The van der Waals surface area contributed by atoms with Gasteiger partial charge >= 0.3 is 0 Å². The summed E-state index contributed by atoms with van der Waals surface area (Å²) in [6.45, 7) is 2.87. The Kier molecular flexibility index (Phi) is 3.33. The SMILES string of the molecule is Cc1cc(CC2(CN)CCCCC2)n(C)n1. The van der Waals surface area contributed by atoms with Crippen LogP contribution in [0.4, 0.5) is 0 Å². The van der Waals surface area contributed by atoms with E-state index in [1.807, 2.05) is 11.7 Å². The summed E-state index contributed by atoms with van der Waals surface area (Å²) < 4.78 is 2.02. The summed E-state index contributed by atoms with van der Waals surface area (Å²) in [5.74, 6) is 0. The summed E-state index contributed by atoms with van der Waals surface area (Å²) in [5.41, 5.74) is 8.81. The second-order valence-corrected chi connectivity index (χ2v) is 5.34. The van der Waals surface area contributed by atoms with E-state index in [4.69, 9.17) is 5.73 Å². The van der Waals surface area contributed by atoms with Gasteiger partial charge in [-0.15, -0.1) is 0 Å². The minimum atomic E-state index is 0.346. The number of nitrogens with zero attached hydrogens (tertiary/aromatic N) is 2. The van der Waals surface area contributed by atoms with Crippen molar-refractivity contribution in [1.29, 1.82) is 0 Å². The van der Waals surface area contributed by atoms with Crippen molar-refractivity contribution in [2.75, 3.05) is 6.54 Å². The summed E-state index contributed by atoms with van der Waals surface area (Å²) in [5, 5.41) is 4.42. The van der Waals surface area contributed by atoms with Crippen molar-refractivity contribution in [3.63, 3.8) is 0 Å². The van der Waals surface area contributed by atoms with Crippen molar-refractivity contribution in [1.82, 2.24) is 9.78 Å². The highest BCUT2D eigenvalue weighted by Gasteiger charge is 2.31. The van der Waals surface area contributed by atoms with Gasteiger partial charge in [-0.05, 0) is 44.2 Å². The van der Waals surface area contributed by atoms with Gasteiger partial charge in [0.05, 0.1) is 5.69 Å². The van der Waals surface area contributed by atoms with Crippen LogP contribution in [0, 0.1) is 12.3 Å². The Morgan fingerprint density at radius 3 is 2.56 bits per heavy atom. The molecule has 2 N–H and O–H groups in total. The lowest BCUT2D eigenvalue weighted by Crippen LogP contribution is -2.35. The molecule has 1 aliphatic carbocycles. The van der Waals surface area contributed by atoms with Crippen molar-refractivity contribution >= 4 is 0 Å². The average molecular weight is 221 g/mol. The summed E-state index contributed by atoms with van der Waals surface area (Å²) in [7, 11) is 2.04. The van der Waals surface area contributed by atoms with Crippen LogP contribution in [0.3, 0.4) is 0 Å². The van der Waals surface area contributed by atoms with Crippen LogP contribution in [0.15, 0.2) is 6.07 Å². The minimum Gasteiger partial charge on any atom is -0.330 e. The van der Waals surface area contributed by atoms with E-state index in [-0.39, 0.29) is 0 Å². The maximum Gasteiger partial charge on any atom is 0.0596 e. The second-order valence-electron chi connectivity index (χ2n) is 5.34. The average Bonchev–Trinajstić information content (AvgIpc) is 2.59. The van der Waals surface area contributed by atoms with Gasteiger partial charge in [0.2, 0.25) is 0 Å². The van der Waals surface area contributed by atoms with Crippen LogP contribution in [-0.4, -0.2) is 16.3 Å². The molecule has 0 saturated heterocycles. The zero-order valence-corrected chi connectivity index (χ0v) is 10.5. The zero-order valence-electron chi connectivity index (χ0n) is 10.5. The molecule has 1 aliphatic rings. The Balaban J connectivity index is 2.14. The molecule has 0 unspecified atom stereocenters. The summed E-state index contributed by atoms with van der Waals surface area (Å²) in [4.78, 5) is 0. The van der Waals surface area contributed by atoms with E-state index in [1.54, 1.807) is 0 Å². The third-order valence-electron chi connectivity index (χ3n) is 4.00. The highest BCUT2D eigenvalue weighted by Crippen LogP contribution is 2.38. The van der Waals surface area contributed by atoms with E-state index in [9.17, 15) is 0 Å². The van der Waals surface area contributed by atoms with Crippen molar-refractivity contribution in [3.8, 4) is 0 Å². The van der Waals surface area contributed by atoms with E-state index >= 15 is 0 Å². The van der Waals surface area contributed by atoms with Crippen LogP contribution in [0.5, 0.6) is 0 Å². The molecule has 0 radical (unpaired) electrons. The smallest absolute Gasteiger partial charge is 0.0596 e. The molecule has 1 heterocycles. The number of hydrogen-bond acceptors (Lipinski definition) is 2. The Morgan fingerprint density at radius 2 is 2.06 bits per heavy atom. The predicted molar refractivity (Wildman–Crippen MR) is 66.2 cm³/mol. The number of rotatable bonds is 3. The first-order valence-electron chi connectivity index (χ1n) is 6.35. The normalized spacial score (nSPS) is 19.9.